The van der Waals surface area contributed by atoms with Gasteiger partial charge in [0.15, 0.2) is 0 Å². The van der Waals surface area contributed by atoms with Gasteiger partial charge < -0.3 is 5.73 Å². The number of hydrogen-bond donors (Lipinski definition) is 3. The summed E-state index contributed by atoms with van der Waals surface area (Å²) in [6.45, 7) is 0. The van der Waals surface area contributed by atoms with Crippen LogP contribution in [0.1, 0.15) is 0 Å². The molecule has 0 atom stereocenters. The maximum Gasteiger partial charge on any atom is 0.394 e. The van der Waals surface area contributed by atoms with E-state index in [0.717, 1.165) is 0 Å². The van der Waals surface area contributed by atoms with Crippen molar-refractivity contribution < 1.29 is 17.5 Å². The van der Waals surface area contributed by atoms with E-state index in [2.05, 4.69) is 9.97 Å². The third-order valence-electron chi connectivity index (χ3n) is 0.605. The Morgan fingerprint density at radius 3 is 2.08 bits per heavy atom. The second-order valence-corrected chi connectivity index (χ2v) is 2.48. The standard InChI is InChI=1S/C4H5N3.H2O4S/c5-4-1-2-6-3-7-4;1-5(2,3)4/h1-3H,(H2,5,6,7);(H2,1,2,3,4). The van der Waals surface area contributed by atoms with Gasteiger partial charge in [0.1, 0.15) is 12.1 Å². The molecule has 4 N–H and O–H groups in total. The molecule has 0 spiro atoms. The lowest BCUT2D eigenvalue weighted by atomic mass is 10.6. The van der Waals surface area contributed by atoms with Gasteiger partial charge in [-0.3, -0.25) is 9.11 Å². The van der Waals surface area contributed by atoms with E-state index in [0.29, 0.717) is 5.82 Å². The lowest BCUT2D eigenvalue weighted by molar-refractivity contribution is 0.381. The number of anilines is 1. The van der Waals surface area contributed by atoms with Gasteiger partial charge in [-0.2, -0.15) is 8.42 Å². The van der Waals surface area contributed by atoms with Gasteiger partial charge in [-0.25, -0.2) is 9.97 Å². The number of nitrogens with zero attached hydrogens (tertiary/aromatic N) is 2. The van der Waals surface area contributed by atoms with E-state index in [1.54, 1.807) is 12.3 Å². The highest BCUT2D eigenvalue weighted by atomic mass is 32.3. The van der Waals surface area contributed by atoms with Gasteiger partial charge in [0.2, 0.25) is 0 Å². The summed E-state index contributed by atoms with van der Waals surface area (Å²) in [5.41, 5.74) is 5.21. The Morgan fingerprint density at radius 2 is 1.92 bits per heavy atom. The average Bonchev–Trinajstić information content (AvgIpc) is 1.85. The van der Waals surface area contributed by atoms with Crippen molar-refractivity contribution in [1.29, 1.82) is 0 Å². The van der Waals surface area contributed by atoms with Crippen LogP contribution in [0, 0.1) is 0 Å². The Hall–Kier alpha value is -1.25. The predicted octanol–water partition coefficient (Wildman–Crippen LogP) is -0.594. The Balaban J connectivity index is 0.000000217. The van der Waals surface area contributed by atoms with Crippen LogP contribution in [0.3, 0.4) is 0 Å². The van der Waals surface area contributed by atoms with Crippen molar-refractivity contribution >= 4 is 16.2 Å². The minimum absolute atomic E-state index is 0.509. The zero-order valence-corrected chi connectivity index (χ0v) is 6.64. The van der Waals surface area contributed by atoms with Crippen LogP contribution in [-0.2, 0) is 10.4 Å². The van der Waals surface area contributed by atoms with Crippen molar-refractivity contribution in [3.8, 4) is 0 Å². The maximum atomic E-state index is 8.74. The molecule has 0 fully saturated rings. The topological polar surface area (TPSA) is 126 Å². The van der Waals surface area contributed by atoms with E-state index in [-0.39, 0.29) is 0 Å². The number of nitrogen functional groups attached to an aromatic ring is 1. The first-order valence-electron chi connectivity index (χ1n) is 2.61. The monoisotopic (exact) mass is 193 g/mol. The molecule has 0 aromatic carbocycles. The van der Waals surface area contributed by atoms with E-state index in [4.69, 9.17) is 23.3 Å². The normalized spacial score (nSPS) is 9.83. The average molecular weight is 193 g/mol. The summed E-state index contributed by atoms with van der Waals surface area (Å²) in [7, 11) is -4.67. The second-order valence-electron chi connectivity index (χ2n) is 1.58. The summed E-state index contributed by atoms with van der Waals surface area (Å²) >= 11 is 0. The molecule has 0 bridgehead atoms. The van der Waals surface area contributed by atoms with Crippen molar-refractivity contribution in [2.24, 2.45) is 0 Å². The van der Waals surface area contributed by atoms with E-state index < -0.39 is 10.4 Å². The van der Waals surface area contributed by atoms with Crippen molar-refractivity contribution in [3.05, 3.63) is 18.6 Å². The van der Waals surface area contributed by atoms with Gasteiger partial charge >= 0.3 is 10.4 Å². The van der Waals surface area contributed by atoms with Crippen LogP contribution in [-0.4, -0.2) is 27.5 Å². The van der Waals surface area contributed by atoms with Crippen LogP contribution in [0.4, 0.5) is 5.82 Å². The van der Waals surface area contributed by atoms with Crippen molar-refractivity contribution in [2.75, 3.05) is 5.73 Å². The highest BCUT2D eigenvalue weighted by Crippen LogP contribution is 1.85. The smallest absolute Gasteiger partial charge is 0.384 e. The van der Waals surface area contributed by atoms with Gasteiger partial charge in [-0.05, 0) is 6.07 Å². The molecule has 0 aliphatic rings. The van der Waals surface area contributed by atoms with Crippen LogP contribution in [0.25, 0.3) is 0 Å². The first-order valence-corrected chi connectivity index (χ1v) is 4.00. The fraction of sp³-hybridized carbons (Fsp3) is 0. The molecule has 7 nitrogen and oxygen atoms in total. The second kappa shape index (κ2) is 4.59. The molecule has 0 aliphatic heterocycles. The molecule has 68 valence electrons. The molecular weight excluding hydrogens is 186 g/mol. The van der Waals surface area contributed by atoms with Crippen LogP contribution < -0.4 is 5.73 Å². The maximum absolute atomic E-state index is 8.74. The number of rotatable bonds is 0. The molecular formula is C4H7N3O4S. The highest BCUT2D eigenvalue weighted by Gasteiger charge is 1.84. The lowest BCUT2D eigenvalue weighted by Crippen LogP contribution is -1.89. The Kier molecular flexibility index (Phi) is 4.11. The molecule has 0 amide bonds. The summed E-state index contributed by atoms with van der Waals surface area (Å²) in [6, 6.07) is 1.64. The van der Waals surface area contributed by atoms with E-state index in [9.17, 15) is 0 Å². The lowest BCUT2D eigenvalue weighted by Gasteiger charge is -1.82. The van der Waals surface area contributed by atoms with Crippen LogP contribution in [0.5, 0.6) is 0 Å². The Morgan fingerprint density at radius 1 is 1.42 bits per heavy atom. The Labute approximate surface area is 68.8 Å². The molecule has 1 aromatic heterocycles. The third kappa shape index (κ3) is 11.5. The van der Waals surface area contributed by atoms with Crippen LogP contribution >= 0.6 is 0 Å². The molecule has 0 radical (unpaired) electrons. The van der Waals surface area contributed by atoms with Gasteiger partial charge in [0.25, 0.3) is 0 Å². The van der Waals surface area contributed by atoms with Gasteiger partial charge in [0.05, 0.1) is 0 Å². The summed E-state index contributed by atoms with van der Waals surface area (Å²) in [6.07, 6.45) is 3.01. The van der Waals surface area contributed by atoms with Gasteiger partial charge in [-0.1, -0.05) is 0 Å². The summed E-state index contributed by atoms with van der Waals surface area (Å²) in [4.78, 5) is 7.30. The molecule has 8 heteroatoms. The van der Waals surface area contributed by atoms with E-state index in [1.807, 2.05) is 0 Å². The molecule has 0 saturated heterocycles. The van der Waals surface area contributed by atoms with Crippen LogP contribution in [0.15, 0.2) is 18.6 Å². The quantitative estimate of drug-likeness (QED) is 0.470. The minimum Gasteiger partial charge on any atom is -0.384 e. The van der Waals surface area contributed by atoms with E-state index in [1.165, 1.54) is 6.33 Å². The highest BCUT2D eigenvalue weighted by molar-refractivity contribution is 7.79. The fourth-order valence-corrected chi connectivity index (χ4v) is 0.301. The van der Waals surface area contributed by atoms with Gasteiger partial charge in [0, 0.05) is 6.20 Å². The molecule has 0 aliphatic carbocycles. The molecule has 12 heavy (non-hydrogen) atoms. The largest absolute Gasteiger partial charge is 0.394 e. The fourth-order valence-electron chi connectivity index (χ4n) is 0.301. The SMILES string of the molecule is Nc1ccncn1.O=S(=O)(O)O. The van der Waals surface area contributed by atoms with Crippen molar-refractivity contribution in [3.63, 3.8) is 0 Å². The molecule has 1 aromatic rings. The van der Waals surface area contributed by atoms with Crippen molar-refractivity contribution in [1.82, 2.24) is 9.97 Å². The molecule has 0 saturated carbocycles. The third-order valence-corrected chi connectivity index (χ3v) is 0.605. The molecule has 1 rings (SSSR count). The molecule has 1 heterocycles. The summed E-state index contributed by atoms with van der Waals surface area (Å²) in [5, 5.41) is 0. The number of aromatic nitrogens is 2. The number of hydrogen-bond acceptors (Lipinski definition) is 5. The van der Waals surface area contributed by atoms with Crippen LogP contribution in [0.2, 0.25) is 0 Å². The minimum atomic E-state index is -4.67. The molecule has 0 unspecified atom stereocenters. The first-order chi connectivity index (χ1) is 5.39. The number of nitrogens with two attached hydrogens (primary N) is 1. The summed E-state index contributed by atoms with van der Waals surface area (Å²) < 4.78 is 31.6. The summed E-state index contributed by atoms with van der Waals surface area (Å²) in [5.74, 6) is 0.509. The first kappa shape index (κ1) is 10.8. The Bertz CT molecular complexity index is 302. The van der Waals surface area contributed by atoms with Gasteiger partial charge in [-0.15, -0.1) is 0 Å². The predicted molar refractivity (Wildman–Crippen MR) is 40.6 cm³/mol. The van der Waals surface area contributed by atoms with E-state index >= 15 is 0 Å². The zero-order chi connectivity index (χ0) is 9.61. The zero-order valence-electron chi connectivity index (χ0n) is 5.82. The van der Waals surface area contributed by atoms with Crippen molar-refractivity contribution in [2.45, 2.75) is 0 Å².